The van der Waals surface area contributed by atoms with Gasteiger partial charge in [-0.15, -0.1) is 0 Å². The van der Waals surface area contributed by atoms with Gasteiger partial charge in [0.25, 0.3) is 0 Å². The van der Waals surface area contributed by atoms with Crippen molar-refractivity contribution < 1.29 is 4.74 Å². The molecule has 1 aliphatic rings. The highest BCUT2D eigenvalue weighted by atomic mass is 16.5. The zero-order valence-corrected chi connectivity index (χ0v) is 9.15. The Kier molecular flexibility index (Phi) is 3.23. The highest BCUT2D eigenvalue weighted by Gasteiger charge is 2.18. The summed E-state index contributed by atoms with van der Waals surface area (Å²) in [4.78, 5) is 2.39. The molecule has 2 N–H and O–H groups in total. The number of hydrogen-bond acceptors (Lipinski definition) is 3. The molecule has 1 saturated heterocycles. The van der Waals surface area contributed by atoms with E-state index in [0.717, 1.165) is 31.8 Å². The number of nitrogens with two attached hydrogens (primary N) is 1. The lowest BCUT2D eigenvalue weighted by atomic mass is 10.2. The summed E-state index contributed by atoms with van der Waals surface area (Å²) in [5.74, 6) is 0.927. The predicted octanol–water partition coefficient (Wildman–Crippen LogP) is 1.23. The molecule has 1 atom stereocenters. The van der Waals surface area contributed by atoms with E-state index in [4.69, 9.17) is 10.5 Å². The number of likely N-dealkylation sites (tertiary alicyclic amines) is 1. The maximum atomic E-state index is 5.87. The van der Waals surface area contributed by atoms with Crippen LogP contribution in [-0.4, -0.2) is 31.1 Å². The lowest BCUT2D eigenvalue weighted by Crippen LogP contribution is -2.26. The minimum atomic E-state index is 0.357. The van der Waals surface area contributed by atoms with Crippen molar-refractivity contribution in [1.29, 1.82) is 0 Å². The molecule has 0 saturated carbocycles. The van der Waals surface area contributed by atoms with E-state index in [1.165, 1.54) is 5.56 Å². The number of ether oxygens (including phenoxy) is 1. The van der Waals surface area contributed by atoms with Crippen LogP contribution in [0, 0.1) is 0 Å². The van der Waals surface area contributed by atoms with E-state index < -0.39 is 0 Å². The summed E-state index contributed by atoms with van der Waals surface area (Å²) >= 11 is 0. The molecule has 0 amide bonds. The molecule has 2 rings (SSSR count). The predicted molar refractivity (Wildman–Crippen MR) is 60.9 cm³/mol. The molecule has 3 nitrogen and oxygen atoms in total. The van der Waals surface area contributed by atoms with Crippen molar-refractivity contribution >= 4 is 0 Å². The van der Waals surface area contributed by atoms with Gasteiger partial charge in [-0.1, -0.05) is 12.1 Å². The zero-order chi connectivity index (χ0) is 10.7. The number of rotatable bonds is 3. The molecule has 15 heavy (non-hydrogen) atoms. The number of methoxy groups -OCH3 is 1. The minimum absolute atomic E-state index is 0.357. The van der Waals surface area contributed by atoms with Crippen molar-refractivity contribution in [3.63, 3.8) is 0 Å². The molecule has 3 heteroatoms. The van der Waals surface area contributed by atoms with Crippen LogP contribution in [0.3, 0.4) is 0 Å². The molecule has 0 aliphatic carbocycles. The van der Waals surface area contributed by atoms with Crippen molar-refractivity contribution in [3.05, 3.63) is 29.8 Å². The molecule has 1 heterocycles. The second-order valence-electron chi connectivity index (χ2n) is 4.14. The van der Waals surface area contributed by atoms with Crippen LogP contribution in [0.2, 0.25) is 0 Å². The monoisotopic (exact) mass is 206 g/mol. The van der Waals surface area contributed by atoms with E-state index in [1.807, 2.05) is 12.1 Å². The van der Waals surface area contributed by atoms with Crippen LogP contribution >= 0.6 is 0 Å². The maximum Gasteiger partial charge on any atom is 0.119 e. The third-order valence-corrected chi connectivity index (χ3v) is 2.85. The Morgan fingerprint density at radius 2 is 2.40 bits per heavy atom. The summed E-state index contributed by atoms with van der Waals surface area (Å²) in [5, 5.41) is 0. The Hall–Kier alpha value is -1.06. The van der Waals surface area contributed by atoms with Crippen molar-refractivity contribution in [2.24, 2.45) is 5.73 Å². The summed E-state index contributed by atoms with van der Waals surface area (Å²) in [6.07, 6.45) is 1.12. The molecule has 0 aromatic heterocycles. The molecule has 1 aromatic rings. The van der Waals surface area contributed by atoms with Gasteiger partial charge in [-0.2, -0.15) is 0 Å². The molecule has 0 spiro atoms. The SMILES string of the molecule is COc1cccc(CN2CCC(N)C2)c1. The summed E-state index contributed by atoms with van der Waals surface area (Å²) < 4.78 is 5.20. The average molecular weight is 206 g/mol. The first-order valence-corrected chi connectivity index (χ1v) is 5.39. The highest BCUT2D eigenvalue weighted by Crippen LogP contribution is 2.16. The Bertz CT molecular complexity index is 327. The molecular formula is C12H18N2O. The van der Waals surface area contributed by atoms with E-state index in [1.54, 1.807) is 7.11 Å². The van der Waals surface area contributed by atoms with Gasteiger partial charge < -0.3 is 10.5 Å². The fraction of sp³-hybridized carbons (Fsp3) is 0.500. The van der Waals surface area contributed by atoms with Crippen molar-refractivity contribution in [2.75, 3.05) is 20.2 Å². The van der Waals surface area contributed by atoms with Gasteiger partial charge in [0.2, 0.25) is 0 Å². The molecule has 1 unspecified atom stereocenters. The van der Waals surface area contributed by atoms with Crippen molar-refractivity contribution in [1.82, 2.24) is 4.90 Å². The van der Waals surface area contributed by atoms with E-state index in [-0.39, 0.29) is 0 Å². The van der Waals surface area contributed by atoms with E-state index in [2.05, 4.69) is 17.0 Å². The van der Waals surface area contributed by atoms with E-state index in [0.29, 0.717) is 6.04 Å². The summed E-state index contributed by atoms with van der Waals surface area (Å²) in [7, 11) is 1.70. The van der Waals surface area contributed by atoms with Gasteiger partial charge in [-0.25, -0.2) is 0 Å². The van der Waals surface area contributed by atoms with Crippen LogP contribution in [0.25, 0.3) is 0 Å². The van der Waals surface area contributed by atoms with Crippen molar-refractivity contribution in [3.8, 4) is 5.75 Å². The molecule has 0 radical (unpaired) electrons. The molecule has 82 valence electrons. The zero-order valence-electron chi connectivity index (χ0n) is 9.15. The lowest BCUT2D eigenvalue weighted by Gasteiger charge is -2.15. The van der Waals surface area contributed by atoms with Gasteiger partial charge in [0, 0.05) is 25.7 Å². The second kappa shape index (κ2) is 4.64. The van der Waals surface area contributed by atoms with E-state index in [9.17, 15) is 0 Å². The maximum absolute atomic E-state index is 5.87. The van der Waals surface area contributed by atoms with E-state index >= 15 is 0 Å². The van der Waals surface area contributed by atoms with Gasteiger partial charge in [0.05, 0.1) is 7.11 Å². The van der Waals surface area contributed by atoms with Crippen LogP contribution in [-0.2, 0) is 6.54 Å². The molecule has 1 aliphatic heterocycles. The highest BCUT2D eigenvalue weighted by molar-refractivity contribution is 5.28. The van der Waals surface area contributed by atoms with Gasteiger partial charge in [-0.05, 0) is 24.1 Å². The van der Waals surface area contributed by atoms with Gasteiger partial charge in [0.15, 0.2) is 0 Å². The topological polar surface area (TPSA) is 38.5 Å². The average Bonchev–Trinajstić information content (AvgIpc) is 2.64. The van der Waals surface area contributed by atoms with Gasteiger partial charge in [-0.3, -0.25) is 4.90 Å². The third kappa shape index (κ3) is 2.70. The fourth-order valence-electron chi connectivity index (χ4n) is 2.04. The van der Waals surface area contributed by atoms with Crippen molar-refractivity contribution in [2.45, 2.75) is 19.0 Å². The first-order valence-electron chi connectivity index (χ1n) is 5.39. The molecular weight excluding hydrogens is 188 g/mol. The number of hydrogen-bond donors (Lipinski definition) is 1. The fourth-order valence-corrected chi connectivity index (χ4v) is 2.04. The standard InChI is InChI=1S/C12H18N2O/c1-15-12-4-2-3-10(7-12)8-14-6-5-11(13)9-14/h2-4,7,11H,5-6,8-9,13H2,1H3. The first kappa shape index (κ1) is 10.5. The summed E-state index contributed by atoms with van der Waals surface area (Å²) in [5.41, 5.74) is 7.16. The van der Waals surface area contributed by atoms with Gasteiger partial charge in [0.1, 0.15) is 5.75 Å². The van der Waals surface area contributed by atoms with Crippen LogP contribution in [0.4, 0.5) is 0 Å². The normalized spacial score (nSPS) is 21.9. The van der Waals surface area contributed by atoms with Crippen LogP contribution in [0.15, 0.2) is 24.3 Å². The lowest BCUT2D eigenvalue weighted by molar-refractivity contribution is 0.326. The largest absolute Gasteiger partial charge is 0.497 e. The summed E-state index contributed by atoms with van der Waals surface area (Å²) in [6.45, 7) is 3.10. The number of nitrogens with zero attached hydrogens (tertiary/aromatic N) is 1. The molecule has 0 bridgehead atoms. The third-order valence-electron chi connectivity index (χ3n) is 2.85. The Balaban J connectivity index is 1.98. The summed E-state index contributed by atoms with van der Waals surface area (Å²) in [6, 6.07) is 8.58. The first-order chi connectivity index (χ1) is 7.28. The second-order valence-corrected chi connectivity index (χ2v) is 4.14. The number of benzene rings is 1. The molecule has 1 fully saturated rings. The molecule has 1 aromatic carbocycles. The van der Waals surface area contributed by atoms with Crippen LogP contribution in [0.1, 0.15) is 12.0 Å². The Morgan fingerprint density at radius 1 is 1.53 bits per heavy atom. The van der Waals surface area contributed by atoms with Crippen LogP contribution in [0.5, 0.6) is 5.75 Å². The van der Waals surface area contributed by atoms with Crippen LogP contribution < -0.4 is 10.5 Å². The Labute approximate surface area is 90.8 Å². The Morgan fingerprint density at radius 3 is 3.07 bits per heavy atom. The van der Waals surface area contributed by atoms with Gasteiger partial charge >= 0.3 is 0 Å². The smallest absolute Gasteiger partial charge is 0.119 e. The quantitative estimate of drug-likeness (QED) is 0.808. The minimum Gasteiger partial charge on any atom is -0.497 e.